The van der Waals surface area contributed by atoms with Gasteiger partial charge in [0, 0.05) is 49.6 Å². The molecule has 2 aromatic rings. The molecular formula is C18H22N4O2. The smallest absolute Gasteiger partial charge is 0.308 e. The highest BCUT2D eigenvalue weighted by Gasteiger charge is 2.39. The highest BCUT2D eigenvalue weighted by Crippen LogP contribution is 2.35. The molecule has 6 heteroatoms. The van der Waals surface area contributed by atoms with Crippen LogP contribution in [0.3, 0.4) is 0 Å². The predicted molar refractivity (Wildman–Crippen MR) is 91.1 cm³/mol. The first-order valence-electron chi connectivity index (χ1n) is 8.30. The average molecular weight is 326 g/mol. The van der Waals surface area contributed by atoms with Gasteiger partial charge >= 0.3 is 5.97 Å². The van der Waals surface area contributed by atoms with Gasteiger partial charge in [0.05, 0.1) is 5.92 Å². The van der Waals surface area contributed by atoms with Crippen LogP contribution in [0.5, 0.6) is 0 Å². The zero-order valence-corrected chi connectivity index (χ0v) is 14.0. The van der Waals surface area contributed by atoms with E-state index in [-0.39, 0.29) is 5.92 Å². The molecule has 3 rings (SSSR count). The molecule has 0 spiro atoms. The van der Waals surface area contributed by atoms with E-state index in [1.54, 1.807) is 12.4 Å². The summed E-state index contributed by atoms with van der Waals surface area (Å²) in [6, 6.07) is 5.74. The first kappa shape index (κ1) is 16.4. The van der Waals surface area contributed by atoms with E-state index in [4.69, 9.17) is 0 Å². The third kappa shape index (κ3) is 3.37. The van der Waals surface area contributed by atoms with Crippen molar-refractivity contribution < 1.29 is 9.90 Å². The van der Waals surface area contributed by atoms with E-state index in [1.165, 1.54) is 0 Å². The van der Waals surface area contributed by atoms with Crippen molar-refractivity contribution in [3.05, 3.63) is 47.7 Å². The second kappa shape index (κ2) is 6.95. The minimum atomic E-state index is -0.765. The van der Waals surface area contributed by atoms with Crippen molar-refractivity contribution in [1.29, 1.82) is 0 Å². The maximum atomic E-state index is 11.7. The van der Waals surface area contributed by atoms with Crippen LogP contribution in [0.15, 0.2) is 30.6 Å². The fourth-order valence-electron chi connectivity index (χ4n) is 3.30. The third-order valence-electron chi connectivity index (χ3n) is 4.46. The van der Waals surface area contributed by atoms with Gasteiger partial charge in [0.2, 0.25) is 0 Å². The van der Waals surface area contributed by atoms with Gasteiger partial charge in [-0.15, -0.1) is 0 Å². The standard InChI is InChI=1S/C18H22N4O2/c1-3-4-16-20-12(2)9-17(21-16)22-10-14(15(11-22)18(23)24)13-5-7-19-8-6-13/h5-9,14-15H,3-4,10-11H2,1-2H3,(H,23,24)/t14-,15+/m0/s1. The lowest BCUT2D eigenvalue weighted by Crippen LogP contribution is -2.24. The van der Waals surface area contributed by atoms with E-state index in [0.717, 1.165) is 35.7 Å². The first-order valence-corrected chi connectivity index (χ1v) is 8.30. The first-order chi connectivity index (χ1) is 11.6. The molecule has 0 unspecified atom stereocenters. The molecule has 126 valence electrons. The number of anilines is 1. The molecule has 1 N–H and O–H groups in total. The molecule has 1 aliphatic rings. The molecule has 2 atom stereocenters. The second-order valence-corrected chi connectivity index (χ2v) is 6.27. The Labute approximate surface area is 141 Å². The van der Waals surface area contributed by atoms with Crippen molar-refractivity contribution >= 4 is 11.8 Å². The van der Waals surface area contributed by atoms with Crippen LogP contribution in [-0.4, -0.2) is 39.1 Å². The predicted octanol–water partition coefficient (Wildman–Crippen LogP) is 2.44. The van der Waals surface area contributed by atoms with Gasteiger partial charge in [-0.2, -0.15) is 0 Å². The summed E-state index contributed by atoms with van der Waals surface area (Å²) in [6.45, 7) is 5.16. The number of hydrogen-bond acceptors (Lipinski definition) is 5. The number of nitrogens with zero attached hydrogens (tertiary/aromatic N) is 4. The van der Waals surface area contributed by atoms with E-state index in [0.29, 0.717) is 13.1 Å². The summed E-state index contributed by atoms with van der Waals surface area (Å²) in [7, 11) is 0. The van der Waals surface area contributed by atoms with Crippen molar-refractivity contribution in [2.75, 3.05) is 18.0 Å². The Kier molecular flexibility index (Phi) is 4.74. The number of aryl methyl sites for hydroxylation is 2. The summed E-state index contributed by atoms with van der Waals surface area (Å²) in [5.41, 5.74) is 1.93. The number of carboxylic acid groups (broad SMARTS) is 1. The van der Waals surface area contributed by atoms with Crippen LogP contribution in [0.4, 0.5) is 5.82 Å². The number of rotatable bonds is 5. The monoisotopic (exact) mass is 326 g/mol. The van der Waals surface area contributed by atoms with Crippen LogP contribution in [0, 0.1) is 12.8 Å². The third-order valence-corrected chi connectivity index (χ3v) is 4.46. The van der Waals surface area contributed by atoms with Gasteiger partial charge in [0.25, 0.3) is 0 Å². The van der Waals surface area contributed by atoms with E-state index in [2.05, 4.69) is 26.8 Å². The maximum absolute atomic E-state index is 11.7. The molecular weight excluding hydrogens is 304 g/mol. The van der Waals surface area contributed by atoms with Gasteiger partial charge in [-0.1, -0.05) is 6.92 Å². The molecule has 1 saturated heterocycles. The van der Waals surface area contributed by atoms with Crippen molar-refractivity contribution in [3.8, 4) is 0 Å². The largest absolute Gasteiger partial charge is 0.481 e. The van der Waals surface area contributed by atoms with Crippen LogP contribution < -0.4 is 4.90 Å². The zero-order valence-electron chi connectivity index (χ0n) is 14.0. The topological polar surface area (TPSA) is 79.2 Å². The lowest BCUT2D eigenvalue weighted by molar-refractivity contribution is -0.141. The lowest BCUT2D eigenvalue weighted by Gasteiger charge is -2.18. The second-order valence-electron chi connectivity index (χ2n) is 6.27. The summed E-state index contributed by atoms with van der Waals surface area (Å²) in [5.74, 6) is 0.382. The Bertz CT molecular complexity index is 720. The highest BCUT2D eigenvalue weighted by atomic mass is 16.4. The van der Waals surface area contributed by atoms with Crippen LogP contribution in [0.25, 0.3) is 0 Å². The molecule has 6 nitrogen and oxygen atoms in total. The van der Waals surface area contributed by atoms with Gasteiger partial charge in [-0.3, -0.25) is 9.78 Å². The number of pyridine rings is 1. The summed E-state index contributed by atoms with van der Waals surface area (Å²) in [6.07, 6.45) is 5.25. The SMILES string of the molecule is CCCc1nc(C)cc(N2C[C@@H](C(=O)O)[C@H](c3ccncc3)C2)n1. The molecule has 0 radical (unpaired) electrons. The quantitative estimate of drug-likeness (QED) is 0.909. The normalized spacial score (nSPS) is 20.3. The number of aliphatic carboxylic acids is 1. The van der Waals surface area contributed by atoms with Gasteiger partial charge in [-0.25, -0.2) is 9.97 Å². The van der Waals surface area contributed by atoms with Gasteiger partial charge in [0.15, 0.2) is 0 Å². The Hall–Kier alpha value is -2.50. The fraction of sp³-hybridized carbons (Fsp3) is 0.444. The van der Waals surface area contributed by atoms with Gasteiger partial charge in [-0.05, 0) is 31.0 Å². The van der Waals surface area contributed by atoms with Gasteiger partial charge in [0.1, 0.15) is 11.6 Å². The molecule has 1 fully saturated rings. The van der Waals surface area contributed by atoms with Crippen LogP contribution in [-0.2, 0) is 11.2 Å². The van der Waals surface area contributed by atoms with Crippen molar-refractivity contribution in [2.45, 2.75) is 32.6 Å². The molecule has 2 aromatic heterocycles. The van der Waals surface area contributed by atoms with Crippen molar-refractivity contribution in [2.24, 2.45) is 5.92 Å². The number of aromatic nitrogens is 3. The Balaban J connectivity index is 1.89. The number of carboxylic acids is 1. The molecule has 0 aromatic carbocycles. The Morgan fingerprint density at radius 2 is 2.04 bits per heavy atom. The summed E-state index contributed by atoms with van der Waals surface area (Å²) in [5, 5.41) is 9.63. The summed E-state index contributed by atoms with van der Waals surface area (Å²) in [4.78, 5) is 26.9. The van der Waals surface area contributed by atoms with Crippen molar-refractivity contribution in [1.82, 2.24) is 15.0 Å². The molecule has 0 saturated carbocycles. The van der Waals surface area contributed by atoms with Crippen LogP contribution in [0.1, 0.15) is 36.3 Å². The minimum Gasteiger partial charge on any atom is -0.481 e. The lowest BCUT2D eigenvalue weighted by atomic mass is 9.90. The molecule has 0 amide bonds. The average Bonchev–Trinajstić information content (AvgIpc) is 3.01. The van der Waals surface area contributed by atoms with Gasteiger partial charge < -0.3 is 10.0 Å². The molecule has 3 heterocycles. The zero-order chi connectivity index (χ0) is 17.1. The summed E-state index contributed by atoms with van der Waals surface area (Å²) >= 11 is 0. The van der Waals surface area contributed by atoms with Crippen LogP contribution in [0.2, 0.25) is 0 Å². The van der Waals surface area contributed by atoms with Crippen molar-refractivity contribution in [3.63, 3.8) is 0 Å². The van der Waals surface area contributed by atoms with E-state index in [9.17, 15) is 9.90 Å². The highest BCUT2D eigenvalue weighted by molar-refractivity contribution is 5.73. The van der Waals surface area contributed by atoms with E-state index >= 15 is 0 Å². The van der Waals surface area contributed by atoms with E-state index < -0.39 is 11.9 Å². The Morgan fingerprint density at radius 3 is 2.71 bits per heavy atom. The molecule has 1 aliphatic heterocycles. The van der Waals surface area contributed by atoms with E-state index in [1.807, 2.05) is 25.1 Å². The minimum absolute atomic E-state index is 0.0598. The van der Waals surface area contributed by atoms with Crippen LogP contribution >= 0.6 is 0 Å². The number of carbonyl (C=O) groups is 1. The molecule has 0 bridgehead atoms. The molecule has 24 heavy (non-hydrogen) atoms. The number of hydrogen-bond donors (Lipinski definition) is 1. The maximum Gasteiger partial charge on any atom is 0.308 e. The Morgan fingerprint density at radius 1 is 1.29 bits per heavy atom. The summed E-state index contributed by atoms with van der Waals surface area (Å²) < 4.78 is 0. The molecule has 0 aliphatic carbocycles. The fourth-order valence-corrected chi connectivity index (χ4v) is 3.30.